The molecule has 188 valence electrons. The molecule has 0 spiro atoms. The molecule has 1 aliphatic heterocycles. The fraction of sp³-hybridized carbons (Fsp3) is 0.880. The number of hydrogen-bond donors (Lipinski definition) is 1. The monoisotopic (exact) mass is 472 g/mol. The Morgan fingerprint density at radius 1 is 1.16 bits per heavy atom. The third kappa shape index (κ3) is 8.56. The highest BCUT2D eigenvalue weighted by atomic mass is 28.4. The van der Waals surface area contributed by atoms with Crippen LogP contribution in [-0.2, 0) is 23.4 Å². The van der Waals surface area contributed by atoms with E-state index >= 15 is 0 Å². The van der Waals surface area contributed by atoms with Gasteiger partial charge in [0, 0.05) is 6.10 Å². The first-order chi connectivity index (χ1) is 14.5. The number of esters is 1. The van der Waals surface area contributed by atoms with Gasteiger partial charge in [0.05, 0.1) is 25.2 Å². The summed E-state index contributed by atoms with van der Waals surface area (Å²) in [4.78, 5) is 11.8. The number of hydrogen-bond acceptors (Lipinski definition) is 6. The van der Waals surface area contributed by atoms with Crippen LogP contribution in [0.4, 0.5) is 0 Å². The van der Waals surface area contributed by atoms with Crippen LogP contribution < -0.4 is 0 Å². The highest BCUT2D eigenvalue weighted by Gasteiger charge is 2.47. The van der Waals surface area contributed by atoms with E-state index in [0.29, 0.717) is 12.5 Å². The van der Waals surface area contributed by atoms with Crippen LogP contribution in [0.2, 0.25) is 18.1 Å². The molecule has 1 N–H and O–H groups in total. The van der Waals surface area contributed by atoms with Crippen molar-refractivity contribution in [3.63, 3.8) is 0 Å². The van der Waals surface area contributed by atoms with E-state index in [4.69, 9.17) is 18.6 Å². The molecule has 0 aromatic rings. The first-order valence-corrected chi connectivity index (χ1v) is 15.0. The van der Waals surface area contributed by atoms with Gasteiger partial charge >= 0.3 is 5.97 Å². The van der Waals surface area contributed by atoms with Crippen LogP contribution in [0, 0.1) is 11.8 Å². The first-order valence-electron chi connectivity index (χ1n) is 12.0. The molecular weight excluding hydrogens is 424 g/mol. The van der Waals surface area contributed by atoms with Gasteiger partial charge in [-0.1, -0.05) is 46.8 Å². The zero-order valence-electron chi connectivity index (χ0n) is 22.2. The van der Waals surface area contributed by atoms with Crippen molar-refractivity contribution in [1.29, 1.82) is 0 Å². The quantitative estimate of drug-likeness (QED) is 0.245. The summed E-state index contributed by atoms with van der Waals surface area (Å²) >= 11 is 0. The van der Waals surface area contributed by atoms with Gasteiger partial charge in [-0.3, -0.25) is 4.79 Å². The van der Waals surface area contributed by atoms with Gasteiger partial charge in [-0.15, -0.1) is 0 Å². The lowest BCUT2D eigenvalue weighted by molar-refractivity contribution is -0.162. The van der Waals surface area contributed by atoms with Crippen molar-refractivity contribution in [2.75, 3.05) is 6.61 Å². The summed E-state index contributed by atoms with van der Waals surface area (Å²) in [6.45, 7) is 23.5. The number of aliphatic hydroxyl groups excluding tert-OH is 1. The Morgan fingerprint density at radius 3 is 2.25 bits per heavy atom. The summed E-state index contributed by atoms with van der Waals surface area (Å²) in [5.41, 5.74) is 0. The van der Waals surface area contributed by atoms with E-state index in [2.05, 4.69) is 66.8 Å². The van der Waals surface area contributed by atoms with E-state index in [-0.39, 0.29) is 29.6 Å². The van der Waals surface area contributed by atoms with Crippen LogP contribution in [0.1, 0.15) is 75.2 Å². The van der Waals surface area contributed by atoms with Gasteiger partial charge in [0.2, 0.25) is 0 Å². The van der Waals surface area contributed by atoms with Gasteiger partial charge in [-0.2, -0.15) is 0 Å². The lowest BCUT2D eigenvalue weighted by atomic mass is 9.92. The van der Waals surface area contributed by atoms with E-state index < -0.39 is 32.3 Å². The van der Waals surface area contributed by atoms with E-state index in [1.165, 1.54) is 0 Å². The average molecular weight is 473 g/mol. The normalized spacial score (nSPS) is 25.5. The fourth-order valence-electron chi connectivity index (χ4n) is 3.61. The second-order valence-corrected chi connectivity index (χ2v) is 16.0. The molecule has 6 atom stereocenters. The Kier molecular flexibility index (Phi) is 10.6. The molecule has 0 aromatic carbocycles. The van der Waals surface area contributed by atoms with Crippen LogP contribution in [0.25, 0.3) is 0 Å². The Bertz CT molecular complexity index is 624. The third-order valence-corrected chi connectivity index (χ3v) is 11.3. The Balaban J connectivity index is 2.72. The minimum Gasteiger partial charge on any atom is -0.466 e. The second kappa shape index (κ2) is 11.6. The maximum atomic E-state index is 11.8. The van der Waals surface area contributed by atoms with E-state index in [1.807, 2.05) is 13.8 Å². The summed E-state index contributed by atoms with van der Waals surface area (Å²) in [7, 11) is -1.81. The Hall–Kier alpha value is -0.733. The van der Waals surface area contributed by atoms with Crippen molar-refractivity contribution in [1.82, 2.24) is 0 Å². The Labute approximate surface area is 197 Å². The summed E-state index contributed by atoms with van der Waals surface area (Å²) in [5, 5.41) is 10.8. The smallest absolute Gasteiger partial charge is 0.308 e. The minimum atomic E-state index is -1.81. The molecule has 1 heterocycles. The van der Waals surface area contributed by atoms with Crippen LogP contribution in [0.5, 0.6) is 0 Å². The van der Waals surface area contributed by atoms with Crippen LogP contribution in [-0.4, -0.2) is 56.2 Å². The SMILES string of the molecule is CCOC(=O)C[C@H](O)[C@@H]1OC(C)(C)O[C@@H]1[C@H](C)C/C=C/[C@@H](C)[C@H](C)O[Si](C)(C)C(C)(C)C. The van der Waals surface area contributed by atoms with Crippen LogP contribution in [0.3, 0.4) is 0 Å². The van der Waals surface area contributed by atoms with Gasteiger partial charge in [-0.05, 0) is 64.1 Å². The summed E-state index contributed by atoms with van der Waals surface area (Å²) in [6, 6.07) is 0. The molecule has 6 nitrogen and oxygen atoms in total. The van der Waals surface area contributed by atoms with Gasteiger partial charge < -0.3 is 23.7 Å². The molecule has 1 aliphatic rings. The molecule has 0 unspecified atom stereocenters. The predicted molar refractivity (Wildman–Crippen MR) is 131 cm³/mol. The Morgan fingerprint density at radius 2 is 1.72 bits per heavy atom. The van der Waals surface area contributed by atoms with Crippen molar-refractivity contribution in [3.8, 4) is 0 Å². The lowest BCUT2D eigenvalue weighted by Gasteiger charge is -2.39. The zero-order valence-corrected chi connectivity index (χ0v) is 23.2. The highest BCUT2D eigenvalue weighted by Crippen LogP contribution is 2.38. The molecule has 0 aliphatic carbocycles. The molecule has 1 rings (SSSR count). The predicted octanol–water partition coefficient (Wildman–Crippen LogP) is 5.45. The summed E-state index contributed by atoms with van der Waals surface area (Å²) in [6.07, 6.45) is 3.35. The summed E-state index contributed by atoms with van der Waals surface area (Å²) < 4.78 is 23.6. The minimum absolute atomic E-state index is 0.101. The first kappa shape index (κ1) is 29.3. The lowest BCUT2D eigenvalue weighted by Crippen LogP contribution is -2.44. The van der Waals surface area contributed by atoms with Gasteiger partial charge in [0.1, 0.15) is 6.10 Å². The van der Waals surface area contributed by atoms with Gasteiger partial charge in [0.15, 0.2) is 14.1 Å². The number of rotatable bonds is 11. The molecule has 1 fully saturated rings. The highest BCUT2D eigenvalue weighted by molar-refractivity contribution is 6.74. The molecule has 0 radical (unpaired) electrons. The molecule has 0 bridgehead atoms. The topological polar surface area (TPSA) is 74.2 Å². The molecule has 32 heavy (non-hydrogen) atoms. The summed E-state index contributed by atoms with van der Waals surface area (Å²) in [5.74, 6) is -0.830. The van der Waals surface area contributed by atoms with Crippen molar-refractivity contribution >= 4 is 14.3 Å². The van der Waals surface area contributed by atoms with E-state index in [9.17, 15) is 9.90 Å². The molecule has 7 heteroatoms. The van der Waals surface area contributed by atoms with Gasteiger partial charge in [-0.25, -0.2) is 0 Å². The maximum absolute atomic E-state index is 11.8. The number of aliphatic hydroxyl groups is 1. The van der Waals surface area contributed by atoms with Crippen molar-refractivity contribution in [2.24, 2.45) is 11.8 Å². The zero-order chi connectivity index (χ0) is 24.9. The average Bonchev–Trinajstić information content (AvgIpc) is 2.96. The van der Waals surface area contributed by atoms with Gasteiger partial charge in [0.25, 0.3) is 0 Å². The second-order valence-electron chi connectivity index (χ2n) is 11.2. The third-order valence-electron chi connectivity index (χ3n) is 6.76. The number of allylic oxidation sites excluding steroid dienone is 1. The van der Waals surface area contributed by atoms with Crippen molar-refractivity contribution in [2.45, 2.75) is 123 Å². The largest absolute Gasteiger partial charge is 0.466 e. The van der Waals surface area contributed by atoms with Crippen molar-refractivity contribution in [3.05, 3.63) is 12.2 Å². The molecule has 0 saturated carbocycles. The number of carbonyl (C=O) groups excluding carboxylic acids is 1. The fourth-order valence-corrected chi connectivity index (χ4v) is 5.11. The van der Waals surface area contributed by atoms with E-state index in [1.54, 1.807) is 6.92 Å². The van der Waals surface area contributed by atoms with Crippen molar-refractivity contribution < 1.29 is 28.5 Å². The molecule has 0 aromatic heterocycles. The molecule has 1 saturated heterocycles. The molecule has 0 amide bonds. The number of carbonyl (C=O) groups is 1. The van der Waals surface area contributed by atoms with Crippen LogP contribution >= 0.6 is 0 Å². The van der Waals surface area contributed by atoms with E-state index in [0.717, 1.165) is 6.42 Å². The maximum Gasteiger partial charge on any atom is 0.308 e. The molecular formula is C25H48O6Si. The standard InChI is InChI=1S/C25H48O6Si/c1-12-28-21(27)16-20(26)23-22(29-25(8,9)30-23)18(3)15-13-14-17(2)19(4)31-32(10,11)24(5,6)7/h13-14,17-20,22-23,26H,12,15-16H2,1-11H3/b14-13+/t17-,18-,19+,20+,22-,23+/m1/s1. The van der Waals surface area contributed by atoms with Crippen LogP contribution in [0.15, 0.2) is 12.2 Å². The number of ether oxygens (including phenoxy) is 3.